The lowest BCUT2D eigenvalue weighted by molar-refractivity contribution is 0.524. The standard InChI is InChI=1S/C11H19N3/c1-9-4-7-13-10(8-9)14-11(2,3)5-6-12/h4,7-8H,5-6,12H2,1-3H3,(H,13,14). The van der Waals surface area contributed by atoms with Gasteiger partial charge in [-0.1, -0.05) is 0 Å². The first kappa shape index (κ1) is 11.0. The van der Waals surface area contributed by atoms with Gasteiger partial charge in [0.15, 0.2) is 0 Å². The average Bonchev–Trinajstić information content (AvgIpc) is 2.02. The van der Waals surface area contributed by atoms with E-state index in [1.807, 2.05) is 18.3 Å². The first-order valence-electron chi connectivity index (χ1n) is 4.94. The van der Waals surface area contributed by atoms with Crippen molar-refractivity contribution in [1.29, 1.82) is 0 Å². The summed E-state index contributed by atoms with van der Waals surface area (Å²) in [4.78, 5) is 4.26. The van der Waals surface area contributed by atoms with Gasteiger partial charge in [-0.2, -0.15) is 0 Å². The predicted octanol–water partition coefficient (Wildman–Crippen LogP) is 1.93. The minimum absolute atomic E-state index is 0.00947. The third-order valence-corrected chi connectivity index (χ3v) is 2.15. The Bertz CT molecular complexity index is 294. The number of aryl methyl sites for hydroxylation is 1. The van der Waals surface area contributed by atoms with Crippen molar-refractivity contribution >= 4 is 5.82 Å². The number of rotatable bonds is 4. The highest BCUT2D eigenvalue weighted by atomic mass is 15.0. The molecule has 0 atom stereocenters. The van der Waals surface area contributed by atoms with E-state index in [1.54, 1.807) is 0 Å². The van der Waals surface area contributed by atoms with Crippen LogP contribution in [0, 0.1) is 6.92 Å². The van der Waals surface area contributed by atoms with E-state index >= 15 is 0 Å². The summed E-state index contributed by atoms with van der Waals surface area (Å²) in [5.41, 5.74) is 6.76. The molecule has 0 unspecified atom stereocenters. The summed E-state index contributed by atoms with van der Waals surface area (Å²) in [6, 6.07) is 4.03. The second-order valence-electron chi connectivity index (χ2n) is 4.27. The molecule has 0 fully saturated rings. The highest BCUT2D eigenvalue weighted by molar-refractivity contribution is 5.39. The molecule has 0 saturated carbocycles. The zero-order valence-corrected chi connectivity index (χ0v) is 9.17. The van der Waals surface area contributed by atoms with Crippen molar-refractivity contribution in [1.82, 2.24) is 4.98 Å². The van der Waals surface area contributed by atoms with Crippen LogP contribution >= 0.6 is 0 Å². The number of nitrogens with one attached hydrogen (secondary N) is 1. The summed E-state index contributed by atoms with van der Waals surface area (Å²) in [6.45, 7) is 7.00. The number of hydrogen-bond donors (Lipinski definition) is 2. The molecule has 0 radical (unpaired) electrons. The molecule has 78 valence electrons. The van der Waals surface area contributed by atoms with E-state index in [9.17, 15) is 0 Å². The van der Waals surface area contributed by atoms with Crippen LogP contribution < -0.4 is 11.1 Å². The third-order valence-electron chi connectivity index (χ3n) is 2.15. The number of hydrogen-bond acceptors (Lipinski definition) is 3. The molecule has 1 rings (SSSR count). The lowest BCUT2D eigenvalue weighted by Gasteiger charge is -2.26. The molecule has 0 aliphatic heterocycles. The molecule has 0 aliphatic rings. The fourth-order valence-electron chi connectivity index (χ4n) is 1.37. The third kappa shape index (κ3) is 3.34. The maximum absolute atomic E-state index is 5.54. The topological polar surface area (TPSA) is 50.9 Å². The molecule has 3 N–H and O–H groups in total. The molecule has 0 amide bonds. The van der Waals surface area contributed by atoms with Crippen LogP contribution in [0.25, 0.3) is 0 Å². The highest BCUT2D eigenvalue weighted by Crippen LogP contribution is 2.15. The smallest absolute Gasteiger partial charge is 0.126 e. The number of aromatic nitrogens is 1. The Labute approximate surface area is 85.7 Å². The number of nitrogens with zero attached hydrogens (tertiary/aromatic N) is 1. The quantitative estimate of drug-likeness (QED) is 0.768. The normalized spacial score (nSPS) is 11.4. The average molecular weight is 193 g/mol. The molecular weight excluding hydrogens is 174 g/mol. The van der Waals surface area contributed by atoms with Gasteiger partial charge in [-0.25, -0.2) is 4.98 Å². The van der Waals surface area contributed by atoms with Crippen LogP contribution in [0.5, 0.6) is 0 Å². The molecule has 1 heterocycles. The molecule has 3 nitrogen and oxygen atoms in total. The van der Waals surface area contributed by atoms with Gasteiger partial charge in [-0.05, 0) is 51.4 Å². The lowest BCUT2D eigenvalue weighted by atomic mass is 10.0. The summed E-state index contributed by atoms with van der Waals surface area (Å²) in [6.07, 6.45) is 2.75. The maximum Gasteiger partial charge on any atom is 0.126 e. The van der Waals surface area contributed by atoms with Gasteiger partial charge in [0.1, 0.15) is 5.82 Å². The van der Waals surface area contributed by atoms with E-state index in [0.717, 1.165) is 12.2 Å². The van der Waals surface area contributed by atoms with E-state index in [-0.39, 0.29) is 5.54 Å². The Morgan fingerprint density at radius 1 is 1.50 bits per heavy atom. The molecule has 0 saturated heterocycles. The van der Waals surface area contributed by atoms with Gasteiger partial charge in [0.05, 0.1) is 0 Å². The van der Waals surface area contributed by atoms with Crippen LogP contribution in [-0.2, 0) is 0 Å². The number of anilines is 1. The molecule has 0 spiro atoms. The molecule has 1 aromatic rings. The highest BCUT2D eigenvalue weighted by Gasteiger charge is 2.16. The Balaban J connectivity index is 2.68. The van der Waals surface area contributed by atoms with E-state index in [1.165, 1.54) is 5.56 Å². The zero-order valence-electron chi connectivity index (χ0n) is 9.17. The van der Waals surface area contributed by atoms with Crippen LogP contribution in [0.4, 0.5) is 5.82 Å². The van der Waals surface area contributed by atoms with Crippen LogP contribution in [0.1, 0.15) is 25.8 Å². The summed E-state index contributed by atoms with van der Waals surface area (Å²) in [5.74, 6) is 0.920. The first-order chi connectivity index (χ1) is 6.53. The van der Waals surface area contributed by atoms with Gasteiger partial charge >= 0.3 is 0 Å². The van der Waals surface area contributed by atoms with Crippen molar-refractivity contribution in [3.05, 3.63) is 23.9 Å². The van der Waals surface area contributed by atoms with Crippen molar-refractivity contribution < 1.29 is 0 Å². The minimum Gasteiger partial charge on any atom is -0.365 e. The zero-order chi connectivity index (χ0) is 10.6. The van der Waals surface area contributed by atoms with E-state index < -0.39 is 0 Å². The molecule has 0 aromatic carbocycles. The molecular formula is C11H19N3. The van der Waals surface area contributed by atoms with Crippen LogP contribution in [0.2, 0.25) is 0 Å². The lowest BCUT2D eigenvalue weighted by Crippen LogP contribution is -2.33. The SMILES string of the molecule is Cc1ccnc(NC(C)(C)CCN)c1. The van der Waals surface area contributed by atoms with Gasteiger partial charge in [-0.3, -0.25) is 0 Å². The van der Waals surface area contributed by atoms with Crippen molar-refractivity contribution in [3.8, 4) is 0 Å². The summed E-state index contributed by atoms with van der Waals surface area (Å²) in [5, 5.41) is 3.37. The summed E-state index contributed by atoms with van der Waals surface area (Å²) >= 11 is 0. The second kappa shape index (κ2) is 4.42. The van der Waals surface area contributed by atoms with Crippen molar-refractivity contribution in [2.24, 2.45) is 5.73 Å². The Hall–Kier alpha value is -1.09. The van der Waals surface area contributed by atoms with Crippen molar-refractivity contribution in [3.63, 3.8) is 0 Å². The van der Waals surface area contributed by atoms with E-state index in [2.05, 4.69) is 31.1 Å². The second-order valence-corrected chi connectivity index (χ2v) is 4.27. The van der Waals surface area contributed by atoms with Gasteiger partial charge in [-0.15, -0.1) is 0 Å². The van der Waals surface area contributed by atoms with Gasteiger partial charge in [0.25, 0.3) is 0 Å². The molecule has 0 aliphatic carbocycles. The van der Waals surface area contributed by atoms with Gasteiger partial charge in [0.2, 0.25) is 0 Å². The summed E-state index contributed by atoms with van der Waals surface area (Å²) < 4.78 is 0. The summed E-state index contributed by atoms with van der Waals surface area (Å²) in [7, 11) is 0. The van der Waals surface area contributed by atoms with Crippen LogP contribution in [-0.4, -0.2) is 17.1 Å². The van der Waals surface area contributed by atoms with Crippen molar-refractivity contribution in [2.75, 3.05) is 11.9 Å². The Morgan fingerprint density at radius 3 is 2.79 bits per heavy atom. The fraction of sp³-hybridized carbons (Fsp3) is 0.545. The van der Waals surface area contributed by atoms with Gasteiger partial charge in [0, 0.05) is 11.7 Å². The predicted molar refractivity (Wildman–Crippen MR) is 60.3 cm³/mol. The van der Waals surface area contributed by atoms with Crippen molar-refractivity contribution in [2.45, 2.75) is 32.7 Å². The Kier molecular flexibility index (Phi) is 3.47. The number of pyridine rings is 1. The van der Waals surface area contributed by atoms with E-state index in [4.69, 9.17) is 5.73 Å². The fourth-order valence-corrected chi connectivity index (χ4v) is 1.37. The molecule has 1 aromatic heterocycles. The first-order valence-corrected chi connectivity index (χ1v) is 4.94. The largest absolute Gasteiger partial charge is 0.365 e. The Morgan fingerprint density at radius 2 is 2.21 bits per heavy atom. The van der Waals surface area contributed by atoms with Crippen LogP contribution in [0.3, 0.4) is 0 Å². The molecule has 3 heteroatoms. The molecule has 14 heavy (non-hydrogen) atoms. The monoisotopic (exact) mass is 193 g/mol. The number of nitrogens with two attached hydrogens (primary N) is 1. The molecule has 0 bridgehead atoms. The minimum atomic E-state index is 0.00947. The van der Waals surface area contributed by atoms with Crippen LogP contribution in [0.15, 0.2) is 18.3 Å². The van der Waals surface area contributed by atoms with E-state index in [0.29, 0.717) is 6.54 Å². The van der Waals surface area contributed by atoms with Gasteiger partial charge < -0.3 is 11.1 Å². The maximum atomic E-state index is 5.54.